The topological polar surface area (TPSA) is 48.4 Å². The molecule has 1 saturated carbocycles. The van der Waals surface area contributed by atoms with Gasteiger partial charge in [-0.05, 0) is 32.3 Å². The second-order valence-electron chi connectivity index (χ2n) is 4.29. The fourth-order valence-corrected chi connectivity index (χ4v) is 2.10. The first kappa shape index (κ1) is 13.0. The summed E-state index contributed by atoms with van der Waals surface area (Å²) in [4.78, 5) is 16.1. The van der Waals surface area contributed by atoms with Gasteiger partial charge < -0.3 is 9.47 Å². The number of carbonyl (C=O) groups excluding carboxylic acids is 1. The minimum absolute atomic E-state index is 0.00463. The van der Waals surface area contributed by atoms with E-state index in [4.69, 9.17) is 9.47 Å². The van der Waals surface area contributed by atoms with Crippen molar-refractivity contribution in [3.8, 4) is 5.88 Å². The third-order valence-corrected chi connectivity index (χ3v) is 3.35. The van der Waals surface area contributed by atoms with E-state index in [1.54, 1.807) is 6.92 Å². The van der Waals surface area contributed by atoms with E-state index >= 15 is 0 Å². The van der Waals surface area contributed by atoms with Gasteiger partial charge in [-0.25, -0.2) is 9.37 Å². The van der Waals surface area contributed by atoms with Crippen LogP contribution in [0.15, 0.2) is 12.3 Å². The predicted molar refractivity (Wildman–Crippen MR) is 63.3 cm³/mol. The number of hydrogen-bond donors (Lipinski definition) is 0. The molecule has 5 heteroatoms. The van der Waals surface area contributed by atoms with E-state index in [9.17, 15) is 9.18 Å². The average Bonchev–Trinajstić information content (AvgIpc) is 2.31. The number of halogens is 1. The van der Waals surface area contributed by atoms with Crippen LogP contribution in [-0.4, -0.2) is 30.1 Å². The van der Waals surface area contributed by atoms with E-state index in [0.717, 1.165) is 6.42 Å². The summed E-state index contributed by atoms with van der Waals surface area (Å²) in [5.74, 6) is -1.15. The number of hydrogen-bond acceptors (Lipinski definition) is 4. The van der Waals surface area contributed by atoms with Crippen LogP contribution in [0.2, 0.25) is 0 Å². The second-order valence-corrected chi connectivity index (χ2v) is 4.29. The maximum Gasteiger partial charge on any atom is 0.251 e. The molecule has 0 atom stereocenters. The van der Waals surface area contributed by atoms with Gasteiger partial charge in [0.25, 0.3) is 5.88 Å². The average molecular weight is 253 g/mol. The zero-order valence-corrected chi connectivity index (χ0v) is 10.5. The van der Waals surface area contributed by atoms with E-state index in [1.165, 1.54) is 19.4 Å². The number of methoxy groups -OCH3 is 1. The Balaban J connectivity index is 2.33. The van der Waals surface area contributed by atoms with Gasteiger partial charge in [0.05, 0.1) is 12.2 Å². The second kappa shape index (κ2) is 5.02. The van der Waals surface area contributed by atoms with Crippen LogP contribution in [0, 0.1) is 5.82 Å². The molecule has 4 nitrogen and oxygen atoms in total. The molecule has 0 N–H and O–H groups in total. The van der Waals surface area contributed by atoms with Crippen LogP contribution < -0.4 is 4.74 Å². The number of carbonyl (C=O) groups is 1. The van der Waals surface area contributed by atoms with Crippen molar-refractivity contribution in [2.75, 3.05) is 13.7 Å². The Labute approximate surface area is 105 Å². The van der Waals surface area contributed by atoms with Gasteiger partial charge in [-0.1, -0.05) is 0 Å². The van der Waals surface area contributed by atoms with Gasteiger partial charge in [0, 0.05) is 13.3 Å². The first-order valence-corrected chi connectivity index (χ1v) is 6.02. The van der Waals surface area contributed by atoms with Gasteiger partial charge in [-0.3, -0.25) is 4.79 Å². The highest BCUT2D eigenvalue weighted by atomic mass is 19.1. The van der Waals surface area contributed by atoms with Crippen LogP contribution in [0.1, 0.15) is 36.5 Å². The molecule has 1 aliphatic carbocycles. The number of Topliss-reactive ketones (excluding diaryl/α,β-unsaturated/α-hetero) is 1. The number of nitrogens with zero attached hydrogens (tertiary/aromatic N) is 1. The summed E-state index contributed by atoms with van der Waals surface area (Å²) in [5.41, 5.74) is -0.860. The summed E-state index contributed by atoms with van der Waals surface area (Å²) < 4.78 is 24.4. The standard InChI is InChI=1S/C13H16FNO3/c1-3-18-12-10(14)9(5-8-15-12)11(16)13(17-2)6-4-7-13/h5,8H,3-4,6-7H2,1-2H3. The lowest BCUT2D eigenvalue weighted by molar-refractivity contribution is -0.0451. The van der Waals surface area contributed by atoms with E-state index < -0.39 is 11.4 Å². The lowest BCUT2D eigenvalue weighted by atomic mass is 9.75. The van der Waals surface area contributed by atoms with Crippen molar-refractivity contribution in [1.29, 1.82) is 0 Å². The number of pyridine rings is 1. The minimum Gasteiger partial charge on any atom is -0.476 e. The van der Waals surface area contributed by atoms with Crippen LogP contribution in [0.4, 0.5) is 4.39 Å². The van der Waals surface area contributed by atoms with Crippen molar-refractivity contribution in [2.24, 2.45) is 0 Å². The van der Waals surface area contributed by atoms with Crippen molar-refractivity contribution in [3.05, 3.63) is 23.6 Å². The van der Waals surface area contributed by atoms with Crippen LogP contribution in [-0.2, 0) is 4.74 Å². The maximum atomic E-state index is 14.1. The van der Waals surface area contributed by atoms with E-state index in [-0.39, 0.29) is 17.2 Å². The molecular weight excluding hydrogens is 237 g/mol. The van der Waals surface area contributed by atoms with Crippen molar-refractivity contribution in [2.45, 2.75) is 31.8 Å². The van der Waals surface area contributed by atoms with Crippen LogP contribution in [0.3, 0.4) is 0 Å². The largest absolute Gasteiger partial charge is 0.476 e. The molecule has 2 rings (SSSR count). The Morgan fingerprint density at radius 3 is 2.78 bits per heavy atom. The lowest BCUT2D eigenvalue weighted by Crippen LogP contribution is -2.47. The summed E-state index contributed by atoms with van der Waals surface area (Å²) in [5, 5.41) is 0. The molecule has 1 aromatic rings. The molecule has 98 valence electrons. The molecule has 0 aliphatic heterocycles. The molecular formula is C13H16FNO3. The normalized spacial score (nSPS) is 17.1. The highest BCUT2D eigenvalue weighted by Crippen LogP contribution is 2.38. The predicted octanol–water partition coefficient (Wildman–Crippen LogP) is 2.37. The number of rotatable bonds is 5. The molecule has 0 radical (unpaired) electrons. The number of ether oxygens (including phenoxy) is 2. The summed E-state index contributed by atoms with van der Waals surface area (Å²) >= 11 is 0. The zero-order chi connectivity index (χ0) is 13.2. The molecule has 0 bridgehead atoms. The van der Waals surface area contributed by atoms with Gasteiger partial charge in [0.2, 0.25) is 0 Å². The van der Waals surface area contributed by atoms with Gasteiger partial charge in [0.1, 0.15) is 5.60 Å². The van der Waals surface area contributed by atoms with Crippen molar-refractivity contribution >= 4 is 5.78 Å². The minimum atomic E-state index is -0.855. The van der Waals surface area contributed by atoms with Crippen LogP contribution >= 0.6 is 0 Å². The summed E-state index contributed by atoms with van der Waals surface area (Å²) in [6, 6.07) is 1.37. The molecule has 1 fully saturated rings. The fourth-order valence-electron chi connectivity index (χ4n) is 2.10. The summed E-state index contributed by atoms with van der Waals surface area (Å²) in [6.45, 7) is 2.04. The number of ketones is 1. The van der Waals surface area contributed by atoms with Crippen LogP contribution in [0.5, 0.6) is 5.88 Å². The fraction of sp³-hybridized carbons (Fsp3) is 0.538. The Morgan fingerprint density at radius 1 is 1.56 bits per heavy atom. The third kappa shape index (κ3) is 1.99. The highest BCUT2D eigenvalue weighted by Gasteiger charge is 2.45. The van der Waals surface area contributed by atoms with Gasteiger partial charge in [0.15, 0.2) is 11.6 Å². The van der Waals surface area contributed by atoms with Gasteiger partial charge in [-0.2, -0.15) is 0 Å². The Morgan fingerprint density at radius 2 is 2.28 bits per heavy atom. The van der Waals surface area contributed by atoms with Crippen molar-refractivity contribution in [1.82, 2.24) is 4.98 Å². The van der Waals surface area contributed by atoms with E-state index in [0.29, 0.717) is 19.4 Å². The quantitative estimate of drug-likeness (QED) is 0.756. The summed E-state index contributed by atoms with van der Waals surface area (Å²) in [6.07, 6.45) is 3.57. The monoisotopic (exact) mass is 253 g/mol. The van der Waals surface area contributed by atoms with Crippen molar-refractivity contribution in [3.63, 3.8) is 0 Å². The van der Waals surface area contributed by atoms with E-state index in [2.05, 4.69) is 4.98 Å². The molecule has 1 heterocycles. The number of aromatic nitrogens is 1. The van der Waals surface area contributed by atoms with E-state index in [1.807, 2.05) is 0 Å². The molecule has 0 saturated heterocycles. The molecule has 0 unspecified atom stereocenters. The third-order valence-electron chi connectivity index (χ3n) is 3.35. The highest BCUT2D eigenvalue weighted by molar-refractivity contribution is 6.03. The summed E-state index contributed by atoms with van der Waals surface area (Å²) in [7, 11) is 1.49. The first-order valence-electron chi connectivity index (χ1n) is 6.02. The van der Waals surface area contributed by atoms with Crippen LogP contribution in [0.25, 0.3) is 0 Å². The maximum absolute atomic E-state index is 14.1. The Hall–Kier alpha value is -1.49. The van der Waals surface area contributed by atoms with Crippen molar-refractivity contribution < 1.29 is 18.7 Å². The first-order chi connectivity index (χ1) is 8.64. The molecule has 0 aromatic carbocycles. The Bertz CT molecular complexity index is 452. The SMILES string of the molecule is CCOc1nccc(C(=O)C2(OC)CCC2)c1F. The molecule has 0 spiro atoms. The molecule has 1 aliphatic rings. The molecule has 1 aromatic heterocycles. The lowest BCUT2D eigenvalue weighted by Gasteiger charge is -2.38. The zero-order valence-electron chi connectivity index (χ0n) is 10.5. The van der Waals surface area contributed by atoms with Gasteiger partial charge in [-0.15, -0.1) is 0 Å². The smallest absolute Gasteiger partial charge is 0.251 e. The Kier molecular flexibility index (Phi) is 3.61. The molecule has 0 amide bonds. The molecule has 18 heavy (non-hydrogen) atoms. The van der Waals surface area contributed by atoms with Gasteiger partial charge >= 0.3 is 0 Å².